The zero-order chi connectivity index (χ0) is 16.9. The van der Waals surface area contributed by atoms with Crippen molar-refractivity contribution in [3.05, 3.63) is 65.9 Å². The molecule has 0 saturated heterocycles. The molecule has 0 bridgehead atoms. The minimum atomic E-state index is -0.742. The molecule has 120 valence electrons. The molecule has 1 heterocycles. The molecule has 0 radical (unpaired) electrons. The molecular weight excluding hydrogens is 310 g/mol. The number of esters is 1. The summed E-state index contributed by atoms with van der Waals surface area (Å²) in [6, 6.07) is 15.5. The number of nitrogens with zero attached hydrogens (tertiary/aromatic N) is 1. The standard InChI is InChI=1S/C18H13NO5/c1-22-15-9-5-8-13(11-20)17(15)23-18(21)14-10-16(24-19-14)12-6-3-2-4-7-12/h2-11H,1H3. The predicted molar refractivity (Wildman–Crippen MR) is 85.3 cm³/mol. The van der Waals surface area contributed by atoms with Crippen LogP contribution in [-0.2, 0) is 0 Å². The summed E-state index contributed by atoms with van der Waals surface area (Å²) in [5.41, 5.74) is 0.987. The molecule has 0 aliphatic rings. The van der Waals surface area contributed by atoms with Gasteiger partial charge in [0.05, 0.1) is 12.7 Å². The second-order valence-corrected chi connectivity index (χ2v) is 4.83. The van der Waals surface area contributed by atoms with Gasteiger partial charge in [0.1, 0.15) is 0 Å². The van der Waals surface area contributed by atoms with Crippen LogP contribution in [-0.4, -0.2) is 24.5 Å². The van der Waals surface area contributed by atoms with Crippen molar-refractivity contribution < 1.29 is 23.6 Å². The minimum Gasteiger partial charge on any atom is -0.493 e. The van der Waals surface area contributed by atoms with Crippen LogP contribution < -0.4 is 9.47 Å². The number of ether oxygens (including phenoxy) is 2. The van der Waals surface area contributed by atoms with E-state index in [-0.39, 0.29) is 22.8 Å². The van der Waals surface area contributed by atoms with Crippen molar-refractivity contribution in [3.63, 3.8) is 0 Å². The van der Waals surface area contributed by atoms with Crippen LogP contribution in [0.5, 0.6) is 11.5 Å². The van der Waals surface area contributed by atoms with E-state index in [4.69, 9.17) is 14.0 Å². The Bertz CT molecular complexity index is 870. The van der Waals surface area contributed by atoms with Crippen LogP contribution in [0.25, 0.3) is 11.3 Å². The van der Waals surface area contributed by atoms with Crippen molar-refractivity contribution >= 4 is 12.3 Å². The molecule has 24 heavy (non-hydrogen) atoms. The Labute approximate surface area is 137 Å². The Balaban J connectivity index is 1.87. The first-order chi connectivity index (χ1) is 11.7. The lowest BCUT2D eigenvalue weighted by Crippen LogP contribution is -2.11. The molecule has 2 aromatic carbocycles. The van der Waals surface area contributed by atoms with Crippen molar-refractivity contribution in [3.8, 4) is 22.8 Å². The molecule has 1 aromatic heterocycles. The predicted octanol–water partition coefficient (Wildman–Crippen LogP) is 3.38. The number of hydrogen-bond acceptors (Lipinski definition) is 6. The quantitative estimate of drug-likeness (QED) is 0.407. The normalized spacial score (nSPS) is 10.2. The number of carbonyl (C=O) groups is 2. The van der Waals surface area contributed by atoms with Gasteiger partial charge in [0.15, 0.2) is 29.2 Å². The third kappa shape index (κ3) is 3.03. The summed E-state index contributed by atoms with van der Waals surface area (Å²) in [7, 11) is 1.42. The number of rotatable bonds is 5. The summed E-state index contributed by atoms with van der Waals surface area (Å²) in [5, 5.41) is 3.72. The first-order valence-corrected chi connectivity index (χ1v) is 7.09. The van der Waals surface area contributed by atoms with Crippen molar-refractivity contribution in [2.24, 2.45) is 0 Å². The molecule has 0 amide bonds. The van der Waals surface area contributed by atoms with Gasteiger partial charge in [-0.3, -0.25) is 4.79 Å². The first kappa shape index (κ1) is 15.5. The molecule has 0 fully saturated rings. The fourth-order valence-electron chi connectivity index (χ4n) is 2.15. The fraction of sp³-hybridized carbons (Fsp3) is 0.0556. The van der Waals surface area contributed by atoms with E-state index in [1.165, 1.54) is 19.2 Å². The zero-order valence-corrected chi connectivity index (χ0v) is 12.8. The molecule has 0 atom stereocenters. The summed E-state index contributed by atoms with van der Waals surface area (Å²) >= 11 is 0. The zero-order valence-electron chi connectivity index (χ0n) is 12.8. The van der Waals surface area contributed by atoms with E-state index in [9.17, 15) is 9.59 Å². The van der Waals surface area contributed by atoms with Gasteiger partial charge < -0.3 is 14.0 Å². The maximum atomic E-state index is 12.3. The molecule has 6 heteroatoms. The SMILES string of the molecule is COc1cccc(C=O)c1OC(=O)c1cc(-c2ccccc2)on1. The molecule has 0 spiro atoms. The molecular formula is C18H13NO5. The Morgan fingerprint density at radius 2 is 1.92 bits per heavy atom. The van der Waals surface area contributed by atoms with Gasteiger partial charge in [-0.2, -0.15) is 0 Å². The topological polar surface area (TPSA) is 78.6 Å². The molecule has 0 unspecified atom stereocenters. The number of para-hydroxylation sites is 1. The van der Waals surface area contributed by atoms with Crippen molar-refractivity contribution in [1.29, 1.82) is 0 Å². The lowest BCUT2D eigenvalue weighted by molar-refractivity contribution is 0.0717. The van der Waals surface area contributed by atoms with E-state index in [0.29, 0.717) is 12.0 Å². The number of methoxy groups -OCH3 is 1. The highest BCUT2D eigenvalue weighted by atomic mass is 16.6. The van der Waals surface area contributed by atoms with E-state index in [2.05, 4.69) is 5.16 Å². The summed E-state index contributed by atoms with van der Waals surface area (Å²) < 4.78 is 15.6. The van der Waals surface area contributed by atoms with Gasteiger partial charge in [-0.25, -0.2) is 4.79 Å². The van der Waals surface area contributed by atoms with E-state index in [0.717, 1.165) is 5.56 Å². The van der Waals surface area contributed by atoms with Crippen LogP contribution in [0.3, 0.4) is 0 Å². The molecule has 0 N–H and O–H groups in total. The Morgan fingerprint density at radius 3 is 2.62 bits per heavy atom. The van der Waals surface area contributed by atoms with Crippen LogP contribution in [0.1, 0.15) is 20.8 Å². The molecule has 0 aliphatic carbocycles. The number of benzene rings is 2. The monoisotopic (exact) mass is 323 g/mol. The van der Waals surface area contributed by atoms with E-state index in [1.807, 2.05) is 30.3 Å². The van der Waals surface area contributed by atoms with Gasteiger partial charge in [0, 0.05) is 11.6 Å². The highest BCUT2D eigenvalue weighted by Crippen LogP contribution is 2.31. The van der Waals surface area contributed by atoms with Crippen LogP contribution in [0.4, 0.5) is 0 Å². The maximum absolute atomic E-state index is 12.3. The molecule has 0 saturated carbocycles. The lowest BCUT2D eigenvalue weighted by atomic mass is 10.1. The molecule has 3 aromatic rings. The third-order valence-electron chi connectivity index (χ3n) is 3.33. The smallest absolute Gasteiger partial charge is 0.366 e. The number of carbonyl (C=O) groups excluding carboxylic acids is 2. The van der Waals surface area contributed by atoms with Gasteiger partial charge in [-0.15, -0.1) is 0 Å². The average molecular weight is 323 g/mol. The van der Waals surface area contributed by atoms with Gasteiger partial charge in [-0.1, -0.05) is 41.6 Å². The second-order valence-electron chi connectivity index (χ2n) is 4.83. The Kier molecular flexibility index (Phi) is 4.38. The highest BCUT2D eigenvalue weighted by molar-refractivity contribution is 5.92. The van der Waals surface area contributed by atoms with Gasteiger partial charge >= 0.3 is 5.97 Å². The summed E-state index contributed by atoms with van der Waals surface area (Å²) in [6.07, 6.45) is 0.587. The van der Waals surface area contributed by atoms with Gasteiger partial charge in [0.2, 0.25) is 0 Å². The third-order valence-corrected chi connectivity index (χ3v) is 3.33. The van der Waals surface area contributed by atoms with Crippen molar-refractivity contribution in [1.82, 2.24) is 5.16 Å². The molecule has 3 rings (SSSR count). The van der Waals surface area contributed by atoms with Gasteiger partial charge in [0.25, 0.3) is 0 Å². The van der Waals surface area contributed by atoms with Crippen molar-refractivity contribution in [2.75, 3.05) is 7.11 Å². The molecule has 6 nitrogen and oxygen atoms in total. The highest BCUT2D eigenvalue weighted by Gasteiger charge is 2.20. The Hall–Kier alpha value is -3.41. The van der Waals surface area contributed by atoms with E-state index >= 15 is 0 Å². The maximum Gasteiger partial charge on any atom is 0.366 e. The average Bonchev–Trinajstić information content (AvgIpc) is 3.13. The van der Waals surface area contributed by atoms with Crippen LogP contribution in [0, 0.1) is 0 Å². The lowest BCUT2D eigenvalue weighted by Gasteiger charge is -2.09. The number of aldehydes is 1. The minimum absolute atomic E-state index is 0.00314. The van der Waals surface area contributed by atoms with Crippen LogP contribution in [0.15, 0.2) is 59.1 Å². The first-order valence-electron chi connectivity index (χ1n) is 7.09. The number of hydrogen-bond donors (Lipinski definition) is 0. The largest absolute Gasteiger partial charge is 0.493 e. The Morgan fingerprint density at radius 1 is 1.12 bits per heavy atom. The number of aromatic nitrogens is 1. The summed E-state index contributed by atoms with van der Waals surface area (Å²) in [5.74, 6) is 0.0238. The second kappa shape index (κ2) is 6.78. The summed E-state index contributed by atoms with van der Waals surface area (Å²) in [6.45, 7) is 0. The fourth-order valence-corrected chi connectivity index (χ4v) is 2.15. The van der Waals surface area contributed by atoms with Crippen LogP contribution >= 0.6 is 0 Å². The van der Waals surface area contributed by atoms with Crippen LogP contribution in [0.2, 0.25) is 0 Å². The van der Waals surface area contributed by atoms with Crippen molar-refractivity contribution in [2.45, 2.75) is 0 Å². The van der Waals surface area contributed by atoms with E-state index in [1.54, 1.807) is 12.1 Å². The summed E-state index contributed by atoms with van der Waals surface area (Å²) in [4.78, 5) is 23.4. The molecule has 0 aliphatic heterocycles. The van der Waals surface area contributed by atoms with E-state index < -0.39 is 5.97 Å². The van der Waals surface area contributed by atoms with Gasteiger partial charge in [-0.05, 0) is 12.1 Å².